The summed E-state index contributed by atoms with van der Waals surface area (Å²) >= 11 is 0. The van der Waals surface area contributed by atoms with Crippen molar-refractivity contribution >= 4 is 17.9 Å². The minimum atomic E-state index is -0.532. The summed E-state index contributed by atoms with van der Waals surface area (Å²) in [5.41, 5.74) is 9.95. The van der Waals surface area contributed by atoms with E-state index in [1.165, 1.54) is 24.8 Å². The van der Waals surface area contributed by atoms with Crippen molar-refractivity contribution in [2.24, 2.45) is 27.7 Å². The van der Waals surface area contributed by atoms with Gasteiger partial charge >= 0.3 is 0 Å². The van der Waals surface area contributed by atoms with Crippen molar-refractivity contribution in [2.75, 3.05) is 20.2 Å². The van der Waals surface area contributed by atoms with E-state index in [1.807, 2.05) is 18.6 Å². The molecule has 39 heavy (non-hydrogen) atoms. The third-order valence-electron chi connectivity index (χ3n) is 8.63. The van der Waals surface area contributed by atoms with E-state index in [0.717, 1.165) is 56.4 Å². The highest BCUT2D eigenvalue weighted by atomic mass is 16.5. The average molecular weight is 531 g/mol. The molecule has 0 radical (unpaired) electrons. The first-order chi connectivity index (χ1) is 19.0. The number of Topliss-reactive ketones (excluding diaryl/α,β-unsaturated/α-hetero) is 1. The Labute approximate surface area is 232 Å². The number of ketones is 1. The summed E-state index contributed by atoms with van der Waals surface area (Å²) in [5, 5.41) is 7.16. The molecule has 3 unspecified atom stereocenters. The van der Waals surface area contributed by atoms with Crippen LogP contribution in [0.2, 0.25) is 0 Å². The van der Waals surface area contributed by atoms with E-state index < -0.39 is 6.17 Å². The molecule has 1 aromatic carbocycles. The van der Waals surface area contributed by atoms with Gasteiger partial charge in [0.1, 0.15) is 11.9 Å². The number of carbonyl (C=O) groups excluding carboxylic acids is 1. The van der Waals surface area contributed by atoms with E-state index >= 15 is 0 Å². The summed E-state index contributed by atoms with van der Waals surface area (Å²) in [7, 11) is 1.67. The number of benzene rings is 1. The van der Waals surface area contributed by atoms with E-state index in [-0.39, 0.29) is 17.9 Å². The van der Waals surface area contributed by atoms with Crippen molar-refractivity contribution in [1.82, 2.24) is 14.9 Å². The topological polar surface area (TPSA) is 96.4 Å². The van der Waals surface area contributed by atoms with Gasteiger partial charge in [0, 0.05) is 37.1 Å². The maximum absolute atomic E-state index is 11.7. The van der Waals surface area contributed by atoms with Crippen LogP contribution >= 0.6 is 0 Å². The second kappa shape index (κ2) is 12.8. The third-order valence-corrected chi connectivity index (χ3v) is 8.63. The van der Waals surface area contributed by atoms with Gasteiger partial charge in [-0.15, -0.1) is 0 Å². The quantitative estimate of drug-likeness (QED) is 0.386. The zero-order chi connectivity index (χ0) is 27.2. The molecule has 2 aromatic rings. The summed E-state index contributed by atoms with van der Waals surface area (Å²) in [5.74, 6) is 1.03. The van der Waals surface area contributed by atoms with E-state index in [2.05, 4.69) is 51.3 Å². The fraction of sp³-hybridized carbons (Fsp3) is 0.548. The van der Waals surface area contributed by atoms with Gasteiger partial charge in [0.15, 0.2) is 5.90 Å². The number of rotatable bonds is 8. The zero-order valence-corrected chi connectivity index (χ0v) is 23.3. The van der Waals surface area contributed by atoms with Gasteiger partial charge in [-0.25, -0.2) is 4.99 Å². The van der Waals surface area contributed by atoms with Crippen molar-refractivity contribution in [3.05, 3.63) is 65.5 Å². The van der Waals surface area contributed by atoms with Gasteiger partial charge in [0.05, 0.1) is 19.1 Å². The second-order valence-electron chi connectivity index (χ2n) is 11.2. The number of carbonyl (C=O) groups is 1. The predicted octanol–water partition coefficient (Wildman–Crippen LogP) is 4.88. The van der Waals surface area contributed by atoms with Crippen LogP contribution in [0.5, 0.6) is 0 Å². The van der Waals surface area contributed by atoms with Crippen LogP contribution in [0.3, 0.4) is 0 Å². The van der Waals surface area contributed by atoms with Crippen molar-refractivity contribution in [2.45, 2.75) is 76.7 Å². The molecule has 8 heteroatoms. The molecule has 0 bridgehead atoms. The maximum Gasteiger partial charge on any atom is 0.196 e. The molecule has 5 rings (SSSR count). The molecule has 208 valence electrons. The molecule has 3 atom stereocenters. The number of hydrogen-bond donors (Lipinski definition) is 1. The van der Waals surface area contributed by atoms with Crippen LogP contribution in [0, 0.1) is 11.8 Å². The van der Waals surface area contributed by atoms with Gasteiger partial charge in [0.25, 0.3) is 0 Å². The monoisotopic (exact) mass is 530 g/mol. The molecular weight excluding hydrogens is 488 g/mol. The van der Waals surface area contributed by atoms with Crippen LogP contribution in [0.4, 0.5) is 0 Å². The Kier molecular flexibility index (Phi) is 9.04. The SMILES string of the molecule is COC(=NC(N)c1ccc(CN2CCC(C(C)=O)CC2)cc1)C1C=NN(C2CCCCC2)C1c1ccncc1. The number of nitrogens with zero attached hydrogens (tertiary/aromatic N) is 5. The number of ether oxygens (including phenoxy) is 1. The Hall–Kier alpha value is -3.10. The minimum absolute atomic E-state index is 0.0107. The van der Waals surface area contributed by atoms with Gasteiger partial charge in [0.2, 0.25) is 0 Å². The van der Waals surface area contributed by atoms with Crippen LogP contribution in [0.25, 0.3) is 0 Å². The van der Waals surface area contributed by atoms with Gasteiger partial charge in [-0.05, 0) is 74.5 Å². The highest BCUT2D eigenvalue weighted by Crippen LogP contribution is 2.39. The fourth-order valence-corrected chi connectivity index (χ4v) is 6.32. The molecule has 1 saturated carbocycles. The highest BCUT2D eigenvalue weighted by molar-refractivity contribution is 5.95. The smallest absolute Gasteiger partial charge is 0.196 e. The van der Waals surface area contributed by atoms with Crippen LogP contribution < -0.4 is 5.73 Å². The first-order valence-corrected chi connectivity index (χ1v) is 14.4. The lowest BCUT2D eigenvalue weighted by molar-refractivity contribution is -0.122. The van der Waals surface area contributed by atoms with Gasteiger partial charge in [-0.1, -0.05) is 43.5 Å². The van der Waals surface area contributed by atoms with E-state index in [1.54, 1.807) is 14.0 Å². The van der Waals surface area contributed by atoms with Crippen molar-refractivity contribution < 1.29 is 9.53 Å². The van der Waals surface area contributed by atoms with Crippen LogP contribution in [0.1, 0.15) is 80.8 Å². The molecule has 1 aromatic heterocycles. The number of hydrazone groups is 1. The van der Waals surface area contributed by atoms with E-state index in [0.29, 0.717) is 17.7 Å². The molecule has 3 aliphatic rings. The summed E-state index contributed by atoms with van der Waals surface area (Å²) in [6, 6.07) is 13.0. The van der Waals surface area contributed by atoms with Crippen molar-refractivity contribution in [3.8, 4) is 0 Å². The normalized spacial score (nSPS) is 24.2. The largest absolute Gasteiger partial charge is 0.484 e. The maximum atomic E-state index is 11.7. The van der Waals surface area contributed by atoms with Crippen LogP contribution in [-0.2, 0) is 16.1 Å². The Morgan fingerprint density at radius 2 is 1.74 bits per heavy atom. The van der Waals surface area contributed by atoms with Crippen LogP contribution in [0.15, 0.2) is 58.9 Å². The third kappa shape index (κ3) is 6.56. The summed E-state index contributed by atoms with van der Waals surface area (Å²) in [6.45, 7) is 4.53. The fourth-order valence-electron chi connectivity index (χ4n) is 6.32. The molecular formula is C31H42N6O2. The number of piperidine rings is 1. The first kappa shape index (κ1) is 27.5. The van der Waals surface area contributed by atoms with E-state index in [4.69, 9.17) is 20.6 Å². The molecule has 3 heterocycles. The van der Waals surface area contributed by atoms with Gasteiger partial charge in [-0.3, -0.25) is 19.7 Å². The standard InChI is InChI=1S/C31H42N6O2/c1-22(38)24-14-18-36(19-15-24)21-23-8-10-26(11-9-23)30(32)35-31(39-2)28-20-34-37(27-6-4-3-5-7-27)29(28)25-12-16-33-17-13-25/h8-13,16-17,20,24,27-30H,3-7,14-15,18-19,21,32H2,1-2H3. The number of likely N-dealkylation sites (tertiary alicyclic amines) is 1. The number of aromatic nitrogens is 1. The lowest BCUT2D eigenvalue weighted by Gasteiger charge is -2.36. The Morgan fingerprint density at radius 1 is 1.05 bits per heavy atom. The number of nitrogens with two attached hydrogens (primary N) is 1. The molecule has 0 spiro atoms. The highest BCUT2D eigenvalue weighted by Gasteiger charge is 2.40. The Morgan fingerprint density at radius 3 is 2.38 bits per heavy atom. The molecule has 1 saturated heterocycles. The van der Waals surface area contributed by atoms with Crippen LogP contribution in [-0.4, -0.2) is 59.0 Å². The molecule has 0 amide bonds. The number of hydrogen-bond acceptors (Lipinski definition) is 8. The zero-order valence-electron chi connectivity index (χ0n) is 23.3. The number of methoxy groups -OCH3 is 1. The summed E-state index contributed by atoms with van der Waals surface area (Å²) < 4.78 is 5.87. The Balaban J connectivity index is 1.28. The lowest BCUT2D eigenvalue weighted by atomic mass is 9.90. The first-order valence-electron chi connectivity index (χ1n) is 14.4. The number of aliphatic imine (C=N–C) groups is 1. The molecule has 2 N–H and O–H groups in total. The lowest BCUT2D eigenvalue weighted by Crippen LogP contribution is -2.37. The summed E-state index contributed by atoms with van der Waals surface area (Å²) in [4.78, 5) is 23.2. The number of pyridine rings is 1. The van der Waals surface area contributed by atoms with E-state index in [9.17, 15) is 4.79 Å². The molecule has 2 fully saturated rings. The summed E-state index contributed by atoms with van der Waals surface area (Å²) in [6.07, 6.45) is 13.1. The average Bonchev–Trinajstić information content (AvgIpc) is 3.42. The Bertz CT molecular complexity index is 1140. The van der Waals surface area contributed by atoms with Crippen molar-refractivity contribution in [1.29, 1.82) is 0 Å². The molecule has 8 nitrogen and oxygen atoms in total. The van der Waals surface area contributed by atoms with Gasteiger partial charge < -0.3 is 10.5 Å². The minimum Gasteiger partial charge on any atom is -0.484 e. The molecule has 1 aliphatic carbocycles. The second-order valence-corrected chi connectivity index (χ2v) is 11.2. The predicted molar refractivity (Wildman–Crippen MR) is 154 cm³/mol. The molecule has 2 aliphatic heterocycles. The van der Waals surface area contributed by atoms with Crippen molar-refractivity contribution in [3.63, 3.8) is 0 Å². The van der Waals surface area contributed by atoms with Gasteiger partial charge in [-0.2, -0.15) is 5.10 Å².